The number of benzene rings is 1. The normalized spacial score (nSPS) is 11.4. The number of anilines is 2. The molecule has 0 saturated carbocycles. The number of carbonyl (C=O) groups is 2. The summed E-state index contributed by atoms with van der Waals surface area (Å²) in [7, 11) is -3.84. The SMILES string of the molecule is CCN(CC)c1ncc(NS(=O)(=O)c2ccc(CC(C)C)cc2)cc1C(=O)O.O=C(O)C(F)(F)F. The number of hydrogen-bond donors (Lipinski definition) is 3. The largest absolute Gasteiger partial charge is 0.490 e. The monoisotopic (exact) mass is 519 g/mol. The molecule has 0 spiro atoms. The van der Waals surface area contributed by atoms with Crippen molar-refractivity contribution in [1.82, 2.24) is 4.98 Å². The molecule has 0 aliphatic rings. The van der Waals surface area contributed by atoms with Gasteiger partial charge in [0.2, 0.25) is 0 Å². The quantitative estimate of drug-likeness (QED) is 0.447. The van der Waals surface area contributed by atoms with Crippen LogP contribution < -0.4 is 9.62 Å². The summed E-state index contributed by atoms with van der Waals surface area (Å²) in [5.41, 5.74) is 1.13. The molecule has 0 amide bonds. The fraction of sp³-hybridized carbons (Fsp3) is 0.409. The number of hydrogen-bond acceptors (Lipinski definition) is 6. The van der Waals surface area contributed by atoms with Crippen molar-refractivity contribution in [3.8, 4) is 0 Å². The molecule has 0 aliphatic heterocycles. The van der Waals surface area contributed by atoms with E-state index in [-0.39, 0.29) is 16.1 Å². The van der Waals surface area contributed by atoms with E-state index in [1.807, 2.05) is 13.8 Å². The van der Waals surface area contributed by atoms with Crippen molar-refractivity contribution >= 4 is 33.5 Å². The smallest absolute Gasteiger partial charge is 0.478 e. The van der Waals surface area contributed by atoms with Crippen LogP contribution in [0.1, 0.15) is 43.6 Å². The minimum atomic E-state index is -5.08. The first-order chi connectivity index (χ1) is 16.1. The van der Waals surface area contributed by atoms with E-state index in [4.69, 9.17) is 9.90 Å². The summed E-state index contributed by atoms with van der Waals surface area (Å²) < 4.78 is 59.5. The number of aromatic nitrogens is 1. The van der Waals surface area contributed by atoms with Crippen molar-refractivity contribution in [3.63, 3.8) is 0 Å². The van der Waals surface area contributed by atoms with Crippen LogP contribution in [0.5, 0.6) is 0 Å². The van der Waals surface area contributed by atoms with Crippen molar-refractivity contribution in [3.05, 3.63) is 47.7 Å². The van der Waals surface area contributed by atoms with Crippen LogP contribution in [0, 0.1) is 5.92 Å². The number of aliphatic carboxylic acids is 1. The number of carboxylic acid groups (broad SMARTS) is 2. The molecule has 194 valence electrons. The Balaban J connectivity index is 0.000000762. The van der Waals surface area contributed by atoms with E-state index in [2.05, 4.69) is 23.6 Å². The van der Waals surface area contributed by atoms with Crippen LogP contribution in [0.15, 0.2) is 41.4 Å². The first-order valence-corrected chi connectivity index (χ1v) is 12.0. The van der Waals surface area contributed by atoms with Crippen LogP contribution in [0.2, 0.25) is 0 Å². The highest BCUT2D eigenvalue weighted by molar-refractivity contribution is 7.92. The van der Waals surface area contributed by atoms with E-state index in [1.165, 1.54) is 12.3 Å². The molecular weight excluding hydrogens is 491 g/mol. The van der Waals surface area contributed by atoms with Gasteiger partial charge in [-0.15, -0.1) is 0 Å². The molecule has 3 N–H and O–H groups in total. The summed E-state index contributed by atoms with van der Waals surface area (Å²) in [5.74, 6) is -3.12. The molecule has 2 aromatic rings. The zero-order valence-electron chi connectivity index (χ0n) is 19.6. The Kier molecular flexibility index (Phi) is 10.5. The number of sulfonamides is 1. The number of nitrogens with zero attached hydrogens (tertiary/aromatic N) is 2. The van der Waals surface area contributed by atoms with Crippen molar-refractivity contribution in [2.75, 3.05) is 22.7 Å². The Morgan fingerprint density at radius 3 is 2.00 bits per heavy atom. The lowest BCUT2D eigenvalue weighted by Crippen LogP contribution is -2.25. The van der Waals surface area contributed by atoms with Gasteiger partial charge in [0.05, 0.1) is 16.8 Å². The molecule has 9 nitrogen and oxygen atoms in total. The molecular formula is C22H28F3N3O6S. The van der Waals surface area contributed by atoms with Crippen molar-refractivity contribution in [1.29, 1.82) is 0 Å². The van der Waals surface area contributed by atoms with Crippen LogP contribution in [0.25, 0.3) is 0 Å². The topological polar surface area (TPSA) is 137 Å². The van der Waals surface area contributed by atoms with Gasteiger partial charge in [-0.25, -0.2) is 23.0 Å². The summed E-state index contributed by atoms with van der Waals surface area (Å²) in [6, 6.07) is 7.98. The second-order valence-electron chi connectivity index (χ2n) is 7.72. The van der Waals surface area contributed by atoms with Crippen LogP contribution >= 0.6 is 0 Å². The van der Waals surface area contributed by atoms with Crippen LogP contribution in [0.4, 0.5) is 24.7 Å². The molecule has 35 heavy (non-hydrogen) atoms. The molecule has 0 saturated heterocycles. The maximum absolute atomic E-state index is 12.7. The zero-order valence-corrected chi connectivity index (χ0v) is 20.4. The van der Waals surface area contributed by atoms with Gasteiger partial charge in [0.1, 0.15) is 11.4 Å². The molecule has 1 aromatic heterocycles. The molecule has 0 radical (unpaired) electrons. The average molecular weight is 520 g/mol. The number of halogens is 3. The Morgan fingerprint density at radius 2 is 1.60 bits per heavy atom. The van der Waals surface area contributed by atoms with E-state index in [0.29, 0.717) is 24.8 Å². The molecule has 1 aromatic carbocycles. The number of pyridine rings is 1. The molecule has 0 bridgehead atoms. The standard InChI is InChI=1S/C20H27N3O4S.C2HF3O2/c1-5-23(6-2)19-18(20(24)25)12-16(13-21-19)22-28(26,27)17-9-7-15(8-10-17)11-14(3)4;3-2(4,5)1(6)7/h7-10,12-14,22H,5-6,11H2,1-4H3,(H,24,25);(H,6,7). The van der Waals surface area contributed by atoms with Crippen molar-refractivity contribution < 1.29 is 41.4 Å². The fourth-order valence-corrected chi connectivity index (χ4v) is 3.97. The predicted molar refractivity (Wildman–Crippen MR) is 124 cm³/mol. The molecule has 13 heteroatoms. The highest BCUT2D eigenvalue weighted by atomic mass is 32.2. The zero-order chi connectivity index (χ0) is 27.0. The van der Waals surface area contributed by atoms with Gasteiger partial charge in [0, 0.05) is 13.1 Å². The Morgan fingerprint density at radius 1 is 1.09 bits per heavy atom. The van der Waals surface area contributed by atoms with Gasteiger partial charge >= 0.3 is 18.1 Å². The number of alkyl halides is 3. The minimum Gasteiger partial charge on any atom is -0.478 e. The van der Waals surface area contributed by atoms with E-state index < -0.39 is 28.1 Å². The predicted octanol–water partition coefficient (Wildman–Crippen LogP) is 4.26. The Labute approximate surface area is 201 Å². The molecule has 0 aliphatic carbocycles. The molecule has 0 fully saturated rings. The van der Waals surface area contributed by atoms with Crippen molar-refractivity contribution in [2.45, 2.75) is 45.2 Å². The third-order valence-corrected chi connectivity index (χ3v) is 5.93. The molecule has 1 heterocycles. The number of nitrogens with one attached hydrogen (secondary N) is 1. The lowest BCUT2D eigenvalue weighted by Gasteiger charge is -2.22. The van der Waals surface area contributed by atoms with Crippen LogP contribution in [-0.4, -0.2) is 54.8 Å². The summed E-state index contributed by atoms with van der Waals surface area (Å²) in [6.07, 6.45) is -2.88. The van der Waals surface area contributed by atoms with Crippen LogP contribution in [-0.2, 0) is 21.2 Å². The summed E-state index contributed by atoms with van der Waals surface area (Å²) >= 11 is 0. The van der Waals surface area contributed by atoms with Gasteiger partial charge in [-0.1, -0.05) is 26.0 Å². The van der Waals surface area contributed by atoms with Gasteiger partial charge < -0.3 is 15.1 Å². The highest BCUT2D eigenvalue weighted by Gasteiger charge is 2.38. The lowest BCUT2D eigenvalue weighted by atomic mass is 10.0. The van der Waals surface area contributed by atoms with Crippen LogP contribution in [0.3, 0.4) is 0 Å². The fourth-order valence-electron chi connectivity index (χ4n) is 2.94. The Bertz CT molecular complexity index is 1120. The second kappa shape index (κ2) is 12.4. The van der Waals surface area contributed by atoms with Gasteiger partial charge in [-0.3, -0.25) is 4.72 Å². The molecule has 0 atom stereocenters. The number of aromatic carboxylic acids is 1. The average Bonchev–Trinajstić information content (AvgIpc) is 2.74. The first-order valence-electron chi connectivity index (χ1n) is 10.5. The van der Waals surface area contributed by atoms with Gasteiger partial charge in [-0.2, -0.15) is 13.2 Å². The van der Waals surface area contributed by atoms with E-state index >= 15 is 0 Å². The molecule has 2 rings (SSSR count). The van der Waals surface area contributed by atoms with Gasteiger partial charge in [-0.05, 0) is 49.9 Å². The Hall–Kier alpha value is -3.35. The minimum absolute atomic E-state index is 0.0452. The van der Waals surface area contributed by atoms with E-state index in [9.17, 15) is 31.5 Å². The number of carboxylic acids is 2. The summed E-state index contributed by atoms with van der Waals surface area (Å²) in [4.78, 5) is 26.6. The first kappa shape index (κ1) is 29.7. The van der Waals surface area contributed by atoms with Gasteiger partial charge in [0.25, 0.3) is 10.0 Å². The maximum Gasteiger partial charge on any atom is 0.490 e. The molecule has 0 unspecified atom stereocenters. The maximum atomic E-state index is 12.7. The third-order valence-electron chi connectivity index (χ3n) is 4.53. The lowest BCUT2D eigenvalue weighted by molar-refractivity contribution is -0.192. The number of rotatable bonds is 9. The van der Waals surface area contributed by atoms with Gasteiger partial charge in [0.15, 0.2) is 0 Å². The third kappa shape index (κ3) is 9.08. The highest BCUT2D eigenvalue weighted by Crippen LogP contribution is 2.24. The summed E-state index contributed by atoms with van der Waals surface area (Å²) in [6.45, 7) is 9.18. The summed E-state index contributed by atoms with van der Waals surface area (Å²) in [5, 5.41) is 16.6. The van der Waals surface area contributed by atoms with E-state index in [0.717, 1.165) is 12.0 Å². The van der Waals surface area contributed by atoms with E-state index in [1.54, 1.807) is 29.2 Å². The second-order valence-corrected chi connectivity index (χ2v) is 9.41. The van der Waals surface area contributed by atoms with Crippen molar-refractivity contribution in [2.24, 2.45) is 5.92 Å².